The Bertz CT molecular complexity index is 267. The van der Waals surface area contributed by atoms with Crippen LogP contribution in [0.1, 0.15) is 0 Å². The van der Waals surface area contributed by atoms with Gasteiger partial charge < -0.3 is 0 Å². The van der Waals surface area contributed by atoms with Crippen molar-refractivity contribution in [3.63, 3.8) is 0 Å². The molecule has 0 atom stereocenters. The van der Waals surface area contributed by atoms with Crippen molar-refractivity contribution in [2.75, 3.05) is 6.61 Å². The maximum atomic E-state index is 11.5. The van der Waals surface area contributed by atoms with Crippen molar-refractivity contribution in [3.8, 4) is 0 Å². The van der Waals surface area contributed by atoms with E-state index in [1.807, 2.05) is 24.3 Å². The fourth-order valence-electron chi connectivity index (χ4n) is 1.18. The summed E-state index contributed by atoms with van der Waals surface area (Å²) in [5, 5.41) is 1.06. The van der Waals surface area contributed by atoms with E-state index in [4.69, 9.17) is 4.74 Å². The summed E-state index contributed by atoms with van der Waals surface area (Å²) in [6.07, 6.45) is 7.51. The Morgan fingerprint density at radius 2 is 1.93 bits per heavy atom. The Balaban J connectivity index is 2.13. The van der Waals surface area contributed by atoms with E-state index in [2.05, 4.69) is 19.6 Å². The first-order valence-electron chi connectivity index (χ1n) is 5.15. The van der Waals surface area contributed by atoms with E-state index in [9.17, 15) is 4.79 Å². The molecule has 0 saturated carbocycles. The van der Waals surface area contributed by atoms with Crippen molar-refractivity contribution in [1.82, 2.24) is 0 Å². The minimum atomic E-state index is -0.917. The molecule has 0 amide bonds. The van der Waals surface area contributed by atoms with E-state index in [0.717, 1.165) is 5.32 Å². The Morgan fingerprint density at radius 1 is 1.33 bits per heavy atom. The number of hydrogen-bond acceptors (Lipinski definition) is 2. The Hall–Kier alpha value is -0.314. The molecule has 0 spiro atoms. The summed E-state index contributed by atoms with van der Waals surface area (Å²) in [7, 11) is 0. The Labute approximate surface area is 98.4 Å². The molecule has 0 heterocycles. The molecular weight excluding hydrogens is 271 g/mol. The van der Waals surface area contributed by atoms with Gasteiger partial charge in [-0.1, -0.05) is 0 Å². The van der Waals surface area contributed by atoms with Crippen LogP contribution >= 0.6 is 0 Å². The molecule has 0 unspecified atom stereocenters. The van der Waals surface area contributed by atoms with E-state index < -0.39 is 6.68 Å². The van der Waals surface area contributed by atoms with Crippen molar-refractivity contribution in [3.05, 3.63) is 24.3 Å². The third-order valence-electron chi connectivity index (χ3n) is 1.88. The Morgan fingerprint density at radius 3 is 2.47 bits per heavy atom. The molecule has 84 valence electrons. The molecule has 1 aliphatic rings. The second-order valence-corrected chi connectivity index (χ2v) is 19.3. The quantitative estimate of drug-likeness (QED) is 0.441. The van der Waals surface area contributed by atoms with Gasteiger partial charge in [0, 0.05) is 0 Å². The molecule has 0 radical (unpaired) electrons. The minimum absolute atomic E-state index is 0.105. The molecule has 0 fully saturated rings. The molecule has 0 aromatic carbocycles. The van der Waals surface area contributed by atoms with Crippen molar-refractivity contribution >= 4 is 27.0 Å². The molecular formula is C11H18O2SeSi. The van der Waals surface area contributed by atoms with Crippen LogP contribution in [0.5, 0.6) is 0 Å². The fraction of sp³-hybridized carbons (Fsp3) is 0.545. The van der Waals surface area contributed by atoms with Crippen LogP contribution in [0.4, 0.5) is 0 Å². The summed E-state index contributed by atoms with van der Waals surface area (Å²) in [6, 6.07) is 0. The van der Waals surface area contributed by atoms with Crippen LogP contribution in [-0.2, 0) is 9.53 Å². The predicted octanol–water partition coefficient (Wildman–Crippen LogP) is 2.23. The summed E-state index contributed by atoms with van der Waals surface area (Å²) in [6.45, 7) is 6.76. The molecule has 0 aromatic heterocycles. The summed E-state index contributed by atoms with van der Waals surface area (Å²) < 4.78 is 5.22. The fourth-order valence-corrected chi connectivity index (χ4v) is 6.42. The first-order chi connectivity index (χ1) is 6.99. The number of esters is 1. The molecule has 1 rings (SSSR count). The third kappa shape index (κ3) is 5.35. The van der Waals surface area contributed by atoms with E-state index in [1.165, 1.54) is 0 Å². The van der Waals surface area contributed by atoms with E-state index >= 15 is 0 Å². The van der Waals surface area contributed by atoms with Crippen LogP contribution in [0.3, 0.4) is 0 Å². The average molecular weight is 289 g/mol. The van der Waals surface area contributed by atoms with Crippen molar-refractivity contribution in [1.29, 1.82) is 0 Å². The van der Waals surface area contributed by atoms with Gasteiger partial charge in [0.1, 0.15) is 0 Å². The number of hydrogen-bond donors (Lipinski definition) is 0. The number of rotatable bonds is 5. The van der Waals surface area contributed by atoms with Gasteiger partial charge in [-0.2, -0.15) is 0 Å². The molecule has 1 aliphatic carbocycles. The molecule has 0 bridgehead atoms. The van der Waals surface area contributed by atoms with Gasteiger partial charge in [-0.05, 0) is 0 Å². The van der Waals surface area contributed by atoms with Crippen molar-refractivity contribution < 1.29 is 9.53 Å². The maximum absolute atomic E-state index is 11.5. The van der Waals surface area contributed by atoms with Gasteiger partial charge in [-0.3, -0.25) is 0 Å². The van der Waals surface area contributed by atoms with Gasteiger partial charge in [0.05, 0.1) is 0 Å². The zero-order valence-electron chi connectivity index (χ0n) is 9.53. The van der Waals surface area contributed by atoms with Gasteiger partial charge in [0.25, 0.3) is 0 Å². The standard InChI is InChI=1S/C11H18O2SeSi/c1-15(2,3)14-9-8-13-11(12)10-6-4-5-7-10/h4-7,10H,8-9H2,1-3H3. The van der Waals surface area contributed by atoms with E-state index in [-0.39, 0.29) is 11.9 Å². The molecule has 0 saturated heterocycles. The van der Waals surface area contributed by atoms with Crippen LogP contribution in [-0.4, -0.2) is 33.6 Å². The Kier molecular flexibility index (Phi) is 4.83. The van der Waals surface area contributed by atoms with Gasteiger partial charge >= 0.3 is 98.3 Å². The predicted molar refractivity (Wildman–Crippen MR) is 66.6 cm³/mol. The average Bonchev–Trinajstić information content (AvgIpc) is 2.63. The van der Waals surface area contributed by atoms with Gasteiger partial charge in [-0.25, -0.2) is 0 Å². The molecule has 4 heteroatoms. The van der Waals surface area contributed by atoms with Crippen LogP contribution in [0, 0.1) is 5.92 Å². The first kappa shape index (κ1) is 12.8. The number of ether oxygens (including phenoxy) is 1. The molecule has 0 aliphatic heterocycles. The van der Waals surface area contributed by atoms with Crippen LogP contribution in [0.25, 0.3) is 0 Å². The number of carbonyl (C=O) groups excluding carboxylic acids is 1. The van der Waals surface area contributed by atoms with Gasteiger partial charge in [-0.15, -0.1) is 0 Å². The molecule has 0 N–H and O–H groups in total. The monoisotopic (exact) mass is 290 g/mol. The third-order valence-corrected chi connectivity index (χ3v) is 10.0. The zero-order valence-corrected chi connectivity index (χ0v) is 12.2. The topological polar surface area (TPSA) is 26.3 Å². The van der Waals surface area contributed by atoms with Crippen LogP contribution in [0.2, 0.25) is 25.0 Å². The van der Waals surface area contributed by atoms with Crippen molar-refractivity contribution in [2.24, 2.45) is 5.92 Å². The molecule has 15 heavy (non-hydrogen) atoms. The summed E-state index contributed by atoms with van der Waals surface area (Å²) in [4.78, 5) is 11.5. The second kappa shape index (κ2) is 5.68. The molecule has 0 aromatic rings. The normalized spacial score (nSPS) is 15.9. The van der Waals surface area contributed by atoms with Crippen LogP contribution < -0.4 is 0 Å². The van der Waals surface area contributed by atoms with E-state index in [1.54, 1.807) is 0 Å². The van der Waals surface area contributed by atoms with E-state index in [0.29, 0.717) is 20.9 Å². The van der Waals surface area contributed by atoms with Crippen LogP contribution in [0.15, 0.2) is 24.3 Å². The second-order valence-electron chi connectivity index (χ2n) is 4.42. The van der Waals surface area contributed by atoms with Crippen molar-refractivity contribution in [2.45, 2.75) is 25.0 Å². The first-order valence-corrected chi connectivity index (χ1v) is 12.3. The van der Waals surface area contributed by atoms with Gasteiger partial charge in [0.15, 0.2) is 0 Å². The summed E-state index contributed by atoms with van der Waals surface area (Å²) >= 11 is 0.675. The summed E-state index contributed by atoms with van der Waals surface area (Å²) in [5.74, 6) is -0.240. The number of allylic oxidation sites excluding steroid dienone is 2. The van der Waals surface area contributed by atoms with Gasteiger partial charge in [0.2, 0.25) is 0 Å². The number of carbonyl (C=O) groups is 1. The SMILES string of the molecule is C[Si](C)(C)[Se]CCOC(=O)C1C=CC=C1. The zero-order chi connectivity index (χ0) is 11.3. The molecule has 2 nitrogen and oxygen atoms in total. The summed E-state index contributed by atoms with van der Waals surface area (Å²) in [5.41, 5.74) is 0.